The molecule has 0 spiro atoms. The Hall–Kier alpha value is -2.85. The minimum absolute atomic E-state index is 0.194. The van der Waals surface area contributed by atoms with Gasteiger partial charge in [-0.25, -0.2) is 18.0 Å². The molecule has 0 bridgehead atoms. The molecule has 3 N–H and O–H groups in total. The van der Waals surface area contributed by atoms with Crippen LogP contribution < -0.4 is 5.73 Å². The summed E-state index contributed by atoms with van der Waals surface area (Å²) >= 11 is 0. The van der Waals surface area contributed by atoms with E-state index in [0.29, 0.717) is 18.4 Å². The van der Waals surface area contributed by atoms with Gasteiger partial charge in [0.05, 0.1) is 0 Å². The number of rotatable bonds is 3. The van der Waals surface area contributed by atoms with Gasteiger partial charge < -0.3 is 10.8 Å². The predicted octanol–water partition coefficient (Wildman–Crippen LogP) is 4.93. The summed E-state index contributed by atoms with van der Waals surface area (Å²) in [5, 5.41) is 7.12. The highest BCUT2D eigenvalue weighted by atomic mass is 19.4. The van der Waals surface area contributed by atoms with Crippen LogP contribution >= 0.6 is 0 Å². The number of aliphatic carboxylic acids is 1. The molecule has 1 aliphatic heterocycles. The summed E-state index contributed by atoms with van der Waals surface area (Å²) in [5.74, 6) is -6.68. The predicted molar refractivity (Wildman–Crippen MR) is 113 cm³/mol. The van der Waals surface area contributed by atoms with E-state index in [1.807, 2.05) is 0 Å². The Morgan fingerprint density at radius 1 is 1.09 bits per heavy atom. The van der Waals surface area contributed by atoms with E-state index in [1.165, 1.54) is 16.7 Å². The van der Waals surface area contributed by atoms with Crippen LogP contribution in [0.1, 0.15) is 35.4 Å². The van der Waals surface area contributed by atoms with Gasteiger partial charge in [0.25, 0.3) is 0 Å². The molecule has 0 unspecified atom stereocenters. The molecule has 2 atom stereocenters. The van der Waals surface area contributed by atoms with Gasteiger partial charge in [-0.15, -0.1) is 0 Å². The number of carboxylic acids is 1. The number of hydrogen-bond donors (Lipinski definition) is 2. The van der Waals surface area contributed by atoms with Crippen molar-refractivity contribution in [1.29, 1.82) is 0 Å². The topological polar surface area (TPSA) is 66.6 Å². The fourth-order valence-electron chi connectivity index (χ4n) is 4.27. The van der Waals surface area contributed by atoms with Gasteiger partial charge in [-0.2, -0.15) is 13.2 Å². The van der Waals surface area contributed by atoms with Crippen LogP contribution in [-0.2, 0) is 17.8 Å². The molecule has 0 aromatic heterocycles. The summed E-state index contributed by atoms with van der Waals surface area (Å²) in [5.41, 5.74) is 10.8. The molecule has 0 radical (unpaired) electrons. The number of nitrogens with zero attached hydrogens (tertiary/aromatic N) is 1. The Labute approximate surface area is 192 Å². The molecule has 1 aliphatic carbocycles. The fraction of sp³-hybridized carbons (Fsp3) is 0.375. The third-order valence-electron chi connectivity index (χ3n) is 5.99. The zero-order chi connectivity index (χ0) is 25.0. The maximum absolute atomic E-state index is 13.6. The van der Waals surface area contributed by atoms with Crippen LogP contribution in [0.5, 0.6) is 0 Å². The standard InChI is InChI=1S/C22H23F3N2.C2HF3O2/c23-19-10-17(11-20(24)22(19)25)18-6-5-14(9-21(18)26)12-27-8-7-15-3-1-2-4-16(15)13-27;3-2(4,5)1(6)7/h1-5,10-11,18,21H,6-9,12-13,26H2;(H,6,7)/t18-,21+;/m1./s1. The van der Waals surface area contributed by atoms with Crippen LogP contribution in [0.2, 0.25) is 0 Å². The third-order valence-corrected chi connectivity index (χ3v) is 5.99. The van der Waals surface area contributed by atoms with Gasteiger partial charge in [0.1, 0.15) is 0 Å². The lowest BCUT2D eigenvalue weighted by Crippen LogP contribution is -2.36. The largest absolute Gasteiger partial charge is 0.490 e. The first-order valence-corrected chi connectivity index (χ1v) is 10.6. The van der Waals surface area contributed by atoms with Crippen molar-refractivity contribution >= 4 is 5.97 Å². The van der Waals surface area contributed by atoms with Gasteiger partial charge in [-0.05, 0) is 48.1 Å². The molecule has 0 saturated heterocycles. The monoisotopic (exact) mass is 486 g/mol. The maximum Gasteiger partial charge on any atom is 0.490 e. The highest BCUT2D eigenvalue weighted by Gasteiger charge is 2.38. The summed E-state index contributed by atoms with van der Waals surface area (Å²) in [7, 11) is 0. The quantitative estimate of drug-likeness (QED) is 0.367. The van der Waals surface area contributed by atoms with E-state index in [-0.39, 0.29) is 12.0 Å². The lowest BCUT2D eigenvalue weighted by Gasteiger charge is -2.33. The number of benzene rings is 2. The second-order valence-corrected chi connectivity index (χ2v) is 8.40. The zero-order valence-corrected chi connectivity index (χ0v) is 18.1. The van der Waals surface area contributed by atoms with E-state index < -0.39 is 29.6 Å². The van der Waals surface area contributed by atoms with Crippen LogP contribution in [0.3, 0.4) is 0 Å². The van der Waals surface area contributed by atoms with E-state index >= 15 is 0 Å². The third kappa shape index (κ3) is 6.38. The average molecular weight is 486 g/mol. The molecule has 2 aromatic carbocycles. The minimum atomic E-state index is -5.08. The Bertz CT molecular complexity index is 1050. The molecule has 1 heterocycles. The SMILES string of the molecule is N[C@H]1CC(CN2CCc3ccccc3C2)=CC[C@@H]1c1cc(F)c(F)c(F)c1.O=C(O)C(F)(F)F. The maximum atomic E-state index is 13.6. The summed E-state index contributed by atoms with van der Waals surface area (Å²) < 4.78 is 72.0. The van der Waals surface area contributed by atoms with Crippen molar-refractivity contribution in [3.63, 3.8) is 0 Å². The van der Waals surface area contributed by atoms with Crippen molar-refractivity contribution in [3.05, 3.63) is 82.2 Å². The number of nitrogens with two attached hydrogens (primary N) is 1. The first-order chi connectivity index (χ1) is 16.0. The molecule has 0 amide bonds. The summed E-state index contributed by atoms with van der Waals surface area (Å²) in [6, 6.07) is 10.4. The second kappa shape index (κ2) is 10.6. The van der Waals surface area contributed by atoms with E-state index in [0.717, 1.165) is 38.2 Å². The zero-order valence-electron chi connectivity index (χ0n) is 18.1. The lowest BCUT2D eigenvalue weighted by atomic mass is 9.80. The molecular weight excluding hydrogens is 462 g/mol. The molecule has 4 rings (SSSR count). The van der Waals surface area contributed by atoms with Gasteiger partial charge >= 0.3 is 12.1 Å². The number of halogens is 6. The Morgan fingerprint density at radius 2 is 1.68 bits per heavy atom. The van der Waals surface area contributed by atoms with Crippen molar-refractivity contribution in [1.82, 2.24) is 4.90 Å². The molecule has 34 heavy (non-hydrogen) atoms. The van der Waals surface area contributed by atoms with Crippen LogP contribution in [0.15, 0.2) is 48.0 Å². The van der Waals surface area contributed by atoms with Crippen LogP contribution in [0, 0.1) is 17.5 Å². The number of carbonyl (C=O) groups is 1. The molecule has 4 nitrogen and oxygen atoms in total. The molecule has 0 saturated carbocycles. The van der Waals surface area contributed by atoms with Gasteiger partial charge in [0.15, 0.2) is 17.5 Å². The molecule has 2 aliphatic rings. The van der Waals surface area contributed by atoms with Crippen molar-refractivity contribution in [2.24, 2.45) is 5.73 Å². The highest BCUT2D eigenvalue weighted by molar-refractivity contribution is 5.73. The number of hydrogen-bond acceptors (Lipinski definition) is 3. The first kappa shape index (κ1) is 25.8. The minimum Gasteiger partial charge on any atom is -0.475 e. The number of alkyl halides is 3. The molecule has 184 valence electrons. The molecular formula is C24H24F6N2O2. The van der Waals surface area contributed by atoms with Gasteiger partial charge in [-0.1, -0.05) is 35.9 Å². The smallest absolute Gasteiger partial charge is 0.475 e. The second-order valence-electron chi connectivity index (χ2n) is 8.40. The average Bonchev–Trinajstić information content (AvgIpc) is 2.77. The molecule has 0 fully saturated rings. The van der Waals surface area contributed by atoms with Gasteiger partial charge in [-0.3, -0.25) is 4.90 Å². The van der Waals surface area contributed by atoms with E-state index in [2.05, 4.69) is 35.2 Å². The van der Waals surface area contributed by atoms with Crippen LogP contribution in [0.4, 0.5) is 26.3 Å². The van der Waals surface area contributed by atoms with Crippen molar-refractivity contribution in [3.8, 4) is 0 Å². The van der Waals surface area contributed by atoms with Crippen molar-refractivity contribution in [2.75, 3.05) is 13.1 Å². The fourth-order valence-corrected chi connectivity index (χ4v) is 4.27. The number of carboxylic acid groups (broad SMARTS) is 1. The molecule has 2 aromatic rings. The number of allylic oxidation sites excluding steroid dienone is 1. The van der Waals surface area contributed by atoms with Crippen LogP contribution in [0.25, 0.3) is 0 Å². The van der Waals surface area contributed by atoms with E-state index in [1.54, 1.807) is 0 Å². The van der Waals surface area contributed by atoms with Gasteiger partial charge in [0.2, 0.25) is 0 Å². The first-order valence-electron chi connectivity index (χ1n) is 10.6. The van der Waals surface area contributed by atoms with E-state index in [9.17, 15) is 26.3 Å². The van der Waals surface area contributed by atoms with E-state index in [4.69, 9.17) is 15.6 Å². The Morgan fingerprint density at radius 3 is 2.24 bits per heavy atom. The highest BCUT2D eigenvalue weighted by Crippen LogP contribution is 2.33. The normalized spacial score (nSPS) is 20.6. The Kier molecular flexibility index (Phi) is 8.04. The van der Waals surface area contributed by atoms with Gasteiger partial charge in [0, 0.05) is 31.6 Å². The Balaban J connectivity index is 0.000000406. The summed E-state index contributed by atoms with van der Waals surface area (Å²) in [6.45, 7) is 2.81. The summed E-state index contributed by atoms with van der Waals surface area (Å²) in [4.78, 5) is 11.3. The molecule has 10 heteroatoms. The lowest BCUT2D eigenvalue weighted by molar-refractivity contribution is -0.192. The van der Waals surface area contributed by atoms with Crippen molar-refractivity contribution in [2.45, 2.75) is 43.9 Å². The summed E-state index contributed by atoms with van der Waals surface area (Å²) in [6.07, 6.45) is -0.602. The van der Waals surface area contributed by atoms with Crippen LogP contribution in [-0.4, -0.2) is 41.3 Å². The number of fused-ring (bicyclic) bond motifs is 1. The van der Waals surface area contributed by atoms with Crippen molar-refractivity contribution < 1.29 is 36.2 Å².